The van der Waals surface area contributed by atoms with Gasteiger partial charge in [0.05, 0.1) is 11.7 Å². The SMILES string of the molecule is C=C1C[C@]2(C)C(CCC1(C)O)[C@@]13C=C[C@H](O)[C@@](C)(C(=O)O1)C3[C@@H]2C. The van der Waals surface area contributed by atoms with Crippen LogP contribution in [-0.2, 0) is 9.53 Å². The summed E-state index contributed by atoms with van der Waals surface area (Å²) in [4.78, 5) is 12.7. The van der Waals surface area contributed by atoms with Crippen molar-refractivity contribution in [1.29, 1.82) is 0 Å². The van der Waals surface area contributed by atoms with Crippen LogP contribution in [0, 0.1) is 28.6 Å². The Morgan fingerprint density at radius 1 is 1.33 bits per heavy atom. The molecule has 2 bridgehead atoms. The number of hydrogen-bond donors (Lipinski definition) is 2. The van der Waals surface area contributed by atoms with Crippen molar-refractivity contribution < 1.29 is 19.7 Å². The topological polar surface area (TPSA) is 66.8 Å². The monoisotopic (exact) mass is 332 g/mol. The lowest BCUT2D eigenvalue weighted by Gasteiger charge is -2.40. The first-order chi connectivity index (χ1) is 11.0. The molecule has 2 N–H and O–H groups in total. The average molecular weight is 332 g/mol. The van der Waals surface area contributed by atoms with Crippen molar-refractivity contribution in [3.05, 3.63) is 24.3 Å². The quantitative estimate of drug-likeness (QED) is 0.528. The van der Waals surface area contributed by atoms with Gasteiger partial charge in [-0.25, -0.2) is 0 Å². The lowest BCUT2D eigenvalue weighted by molar-refractivity contribution is -0.157. The highest BCUT2D eigenvalue weighted by atomic mass is 16.6. The Labute approximate surface area is 143 Å². The summed E-state index contributed by atoms with van der Waals surface area (Å²) in [5, 5.41) is 21.3. The predicted molar refractivity (Wildman–Crippen MR) is 89.9 cm³/mol. The summed E-state index contributed by atoms with van der Waals surface area (Å²) >= 11 is 0. The predicted octanol–water partition coefficient (Wildman–Crippen LogP) is 2.60. The van der Waals surface area contributed by atoms with Gasteiger partial charge >= 0.3 is 5.97 Å². The van der Waals surface area contributed by atoms with E-state index < -0.39 is 22.7 Å². The highest BCUT2D eigenvalue weighted by molar-refractivity contribution is 5.83. The van der Waals surface area contributed by atoms with E-state index in [1.165, 1.54) is 0 Å². The van der Waals surface area contributed by atoms with Gasteiger partial charge in [0.15, 0.2) is 0 Å². The fraction of sp³-hybridized carbons (Fsp3) is 0.750. The fourth-order valence-electron chi connectivity index (χ4n) is 6.43. The molecule has 0 spiro atoms. The van der Waals surface area contributed by atoms with Crippen molar-refractivity contribution in [2.75, 3.05) is 0 Å². The summed E-state index contributed by atoms with van der Waals surface area (Å²) < 4.78 is 6.04. The number of rotatable bonds is 0. The Balaban J connectivity index is 1.89. The third-order valence-electron chi connectivity index (χ3n) is 8.15. The average Bonchev–Trinajstić information content (AvgIpc) is 2.73. The van der Waals surface area contributed by atoms with E-state index in [0.717, 1.165) is 18.4 Å². The molecule has 132 valence electrons. The van der Waals surface area contributed by atoms with E-state index in [0.29, 0.717) is 6.42 Å². The van der Waals surface area contributed by atoms with Crippen LogP contribution in [0.3, 0.4) is 0 Å². The molecule has 1 heterocycles. The highest BCUT2D eigenvalue weighted by Crippen LogP contribution is 2.72. The van der Waals surface area contributed by atoms with E-state index in [4.69, 9.17) is 4.74 Å². The minimum atomic E-state index is -0.882. The molecule has 24 heavy (non-hydrogen) atoms. The molecule has 0 aromatic heterocycles. The highest BCUT2D eigenvalue weighted by Gasteiger charge is 2.77. The van der Waals surface area contributed by atoms with E-state index in [9.17, 15) is 15.0 Å². The lowest BCUT2D eigenvalue weighted by atomic mass is 9.61. The number of carbonyl (C=O) groups excluding carboxylic acids is 1. The number of hydrogen-bond acceptors (Lipinski definition) is 4. The summed E-state index contributed by atoms with van der Waals surface area (Å²) in [5.74, 6) is -0.00784. The zero-order valence-electron chi connectivity index (χ0n) is 15.0. The van der Waals surface area contributed by atoms with E-state index in [2.05, 4.69) is 20.4 Å². The van der Waals surface area contributed by atoms with Crippen LogP contribution >= 0.6 is 0 Å². The van der Waals surface area contributed by atoms with Crippen LogP contribution in [0.4, 0.5) is 0 Å². The molecule has 1 aliphatic heterocycles. The van der Waals surface area contributed by atoms with Gasteiger partial charge in [-0.15, -0.1) is 0 Å². The van der Waals surface area contributed by atoms with Crippen molar-refractivity contribution in [3.63, 3.8) is 0 Å². The van der Waals surface area contributed by atoms with Gasteiger partial charge in [-0.2, -0.15) is 0 Å². The first-order valence-electron chi connectivity index (χ1n) is 9.01. The second-order valence-corrected chi connectivity index (χ2v) is 9.25. The molecule has 4 nitrogen and oxygen atoms in total. The van der Waals surface area contributed by atoms with Crippen molar-refractivity contribution >= 4 is 5.97 Å². The van der Waals surface area contributed by atoms with Crippen molar-refractivity contribution in [3.8, 4) is 0 Å². The first-order valence-corrected chi connectivity index (χ1v) is 9.01. The van der Waals surface area contributed by atoms with Crippen LogP contribution in [0.5, 0.6) is 0 Å². The third-order valence-corrected chi connectivity index (χ3v) is 8.15. The molecule has 2 saturated carbocycles. The molecule has 8 atom stereocenters. The second kappa shape index (κ2) is 4.34. The second-order valence-electron chi connectivity index (χ2n) is 9.25. The van der Waals surface area contributed by atoms with Crippen LogP contribution in [0.15, 0.2) is 24.3 Å². The number of fused-ring (bicyclic) bond motifs is 1. The molecular formula is C20H28O4. The van der Waals surface area contributed by atoms with E-state index in [1.54, 1.807) is 6.08 Å². The zero-order valence-corrected chi connectivity index (χ0v) is 15.0. The minimum Gasteiger partial charge on any atom is -0.454 e. The van der Waals surface area contributed by atoms with Crippen molar-refractivity contribution in [2.24, 2.45) is 28.6 Å². The van der Waals surface area contributed by atoms with Gasteiger partial charge in [-0.1, -0.05) is 26.5 Å². The molecule has 4 aliphatic rings. The third kappa shape index (κ3) is 1.55. The fourth-order valence-corrected chi connectivity index (χ4v) is 6.43. The van der Waals surface area contributed by atoms with Gasteiger partial charge in [0.25, 0.3) is 0 Å². The standard InChI is InChI=1S/C20H28O4/c1-11-10-17(3)12(2)15-19(5)14(21)7-9-20(15,24-16(19)22)13(17)6-8-18(11,4)23/h7,9,12-15,21,23H,1,6,8,10H2,2-5H3/t12-,13?,14-,15?,17-,18?,19+,20+/m0/s1. The smallest absolute Gasteiger partial charge is 0.316 e. The van der Waals surface area contributed by atoms with Gasteiger partial charge in [0.1, 0.15) is 11.0 Å². The summed E-state index contributed by atoms with van der Waals surface area (Å²) in [7, 11) is 0. The molecule has 0 aromatic rings. The summed E-state index contributed by atoms with van der Waals surface area (Å²) in [5.41, 5.74) is -1.65. The molecule has 0 amide bonds. The molecule has 3 fully saturated rings. The maximum atomic E-state index is 12.7. The van der Waals surface area contributed by atoms with Crippen LogP contribution in [0.1, 0.15) is 47.0 Å². The summed E-state index contributed by atoms with van der Waals surface area (Å²) in [6, 6.07) is 0. The molecule has 0 aromatic carbocycles. The van der Waals surface area contributed by atoms with Crippen LogP contribution in [0.2, 0.25) is 0 Å². The minimum absolute atomic E-state index is 0.0386. The molecule has 4 heteroatoms. The van der Waals surface area contributed by atoms with Crippen LogP contribution < -0.4 is 0 Å². The summed E-state index contributed by atoms with van der Waals surface area (Å²) in [6.07, 6.45) is 5.03. The Hall–Kier alpha value is -1.13. The van der Waals surface area contributed by atoms with Crippen LogP contribution in [-0.4, -0.2) is 33.5 Å². The summed E-state index contributed by atoms with van der Waals surface area (Å²) in [6.45, 7) is 12.3. The first kappa shape index (κ1) is 16.3. The zero-order chi connectivity index (χ0) is 17.7. The normalized spacial score (nSPS) is 58.9. The van der Waals surface area contributed by atoms with E-state index >= 15 is 0 Å². The van der Waals surface area contributed by atoms with Crippen LogP contribution in [0.25, 0.3) is 0 Å². The molecule has 0 radical (unpaired) electrons. The molecular weight excluding hydrogens is 304 g/mol. The van der Waals surface area contributed by atoms with Crippen molar-refractivity contribution in [2.45, 2.75) is 64.3 Å². The number of esters is 1. The van der Waals surface area contributed by atoms with E-state index in [1.807, 2.05) is 19.9 Å². The van der Waals surface area contributed by atoms with Gasteiger partial charge in [0, 0.05) is 11.8 Å². The maximum absolute atomic E-state index is 12.7. The molecule has 3 aliphatic carbocycles. The molecule has 1 saturated heterocycles. The molecule has 3 unspecified atom stereocenters. The Morgan fingerprint density at radius 2 is 2.00 bits per heavy atom. The van der Waals surface area contributed by atoms with E-state index in [-0.39, 0.29) is 29.1 Å². The lowest BCUT2D eigenvalue weighted by Crippen LogP contribution is -2.49. The van der Waals surface area contributed by atoms with Crippen molar-refractivity contribution in [1.82, 2.24) is 0 Å². The largest absolute Gasteiger partial charge is 0.454 e. The Kier molecular flexibility index (Phi) is 2.95. The number of carbonyl (C=O) groups is 1. The van der Waals surface area contributed by atoms with Gasteiger partial charge in [-0.3, -0.25) is 4.79 Å². The number of aliphatic hydroxyl groups is 2. The molecule has 4 rings (SSSR count). The Morgan fingerprint density at radius 3 is 2.67 bits per heavy atom. The number of ether oxygens (including phenoxy) is 1. The van der Waals surface area contributed by atoms with Gasteiger partial charge < -0.3 is 14.9 Å². The maximum Gasteiger partial charge on any atom is 0.316 e. The van der Waals surface area contributed by atoms with Gasteiger partial charge in [0.2, 0.25) is 0 Å². The number of aliphatic hydroxyl groups excluding tert-OH is 1. The van der Waals surface area contributed by atoms with Gasteiger partial charge in [-0.05, 0) is 56.1 Å². The Bertz CT molecular complexity index is 665.